The third-order valence-electron chi connectivity index (χ3n) is 4.58. The van der Waals surface area contributed by atoms with Gasteiger partial charge in [-0.05, 0) is 29.8 Å². The van der Waals surface area contributed by atoms with Crippen molar-refractivity contribution in [3.05, 3.63) is 64.5 Å². The fraction of sp³-hybridized carbons (Fsp3) is 0.190. The predicted molar refractivity (Wildman–Crippen MR) is 112 cm³/mol. The van der Waals surface area contributed by atoms with E-state index >= 15 is 0 Å². The Bertz CT molecular complexity index is 1230. The number of nitrogens with zero attached hydrogens (tertiary/aromatic N) is 3. The molecule has 0 atom stereocenters. The Morgan fingerprint density at radius 1 is 1.07 bits per heavy atom. The maximum Gasteiger partial charge on any atom is 0.336 e. The minimum Gasteiger partial charge on any atom is -0.497 e. The first kappa shape index (κ1) is 19.1. The molecule has 0 fully saturated rings. The second-order valence-electron chi connectivity index (χ2n) is 6.31. The van der Waals surface area contributed by atoms with Gasteiger partial charge in [0.1, 0.15) is 17.1 Å². The van der Waals surface area contributed by atoms with Gasteiger partial charge in [-0.2, -0.15) is 0 Å². The number of para-hydroxylation sites is 1. The second kappa shape index (κ2) is 8.00. The Labute approximate surface area is 171 Å². The van der Waals surface area contributed by atoms with Crippen LogP contribution in [0.2, 0.25) is 0 Å². The highest BCUT2D eigenvalue weighted by atomic mass is 32.2. The van der Waals surface area contributed by atoms with Crippen molar-refractivity contribution in [3.8, 4) is 22.9 Å². The van der Waals surface area contributed by atoms with E-state index in [1.807, 2.05) is 48.0 Å². The number of aromatic nitrogens is 3. The number of fused-ring (bicyclic) bond motifs is 1. The Morgan fingerprint density at radius 3 is 2.69 bits per heavy atom. The molecule has 2 aromatic heterocycles. The molecule has 7 nitrogen and oxygen atoms in total. The first-order chi connectivity index (χ1) is 14.1. The summed E-state index contributed by atoms with van der Waals surface area (Å²) in [5.74, 6) is 2.64. The maximum absolute atomic E-state index is 12.0. The molecule has 0 aliphatic carbocycles. The van der Waals surface area contributed by atoms with Crippen LogP contribution in [0.25, 0.3) is 22.4 Å². The van der Waals surface area contributed by atoms with Gasteiger partial charge in [0.25, 0.3) is 0 Å². The van der Waals surface area contributed by atoms with E-state index in [0.717, 1.165) is 27.4 Å². The summed E-state index contributed by atoms with van der Waals surface area (Å²) in [7, 11) is 5.12. The van der Waals surface area contributed by atoms with Crippen LogP contribution in [0.1, 0.15) is 5.56 Å². The van der Waals surface area contributed by atoms with E-state index < -0.39 is 5.63 Å². The summed E-state index contributed by atoms with van der Waals surface area (Å²) in [6.07, 6.45) is 0. The van der Waals surface area contributed by atoms with Crippen molar-refractivity contribution < 1.29 is 13.9 Å². The number of thioether (sulfide) groups is 1. The van der Waals surface area contributed by atoms with Gasteiger partial charge in [0.15, 0.2) is 11.0 Å². The average molecular weight is 409 g/mol. The summed E-state index contributed by atoms with van der Waals surface area (Å²) >= 11 is 1.50. The monoisotopic (exact) mass is 409 g/mol. The maximum atomic E-state index is 12.0. The van der Waals surface area contributed by atoms with Gasteiger partial charge in [0.05, 0.1) is 19.8 Å². The smallest absolute Gasteiger partial charge is 0.336 e. The molecule has 29 heavy (non-hydrogen) atoms. The lowest BCUT2D eigenvalue weighted by Gasteiger charge is -2.09. The molecular formula is C21H19N3O4S. The zero-order valence-electron chi connectivity index (χ0n) is 16.2. The normalized spacial score (nSPS) is 11.0. The summed E-state index contributed by atoms with van der Waals surface area (Å²) in [6, 6.07) is 14.6. The summed E-state index contributed by atoms with van der Waals surface area (Å²) < 4.78 is 17.9. The van der Waals surface area contributed by atoms with Gasteiger partial charge in [0, 0.05) is 30.3 Å². The van der Waals surface area contributed by atoms with Crippen LogP contribution < -0.4 is 15.1 Å². The molecule has 4 rings (SSSR count). The molecule has 0 radical (unpaired) electrons. The molecule has 2 heterocycles. The lowest BCUT2D eigenvalue weighted by Crippen LogP contribution is -2.01. The lowest BCUT2D eigenvalue weighted by atomic mass is 10.1. The van der Waals surface area contributed by atoms with E-state index in [1.165, 1.54) is 17.8 Å². The first-order valence-corrected chi connectivity index (χ1v) is 9.85. The van der Waals surface area contributed by atoms with E-state index in [2.05, 4.69) is 10.2 Å². The van der Waals surface area contributed by atoms with Gasteiger partial charge >= 0.3 is 5.63 Å². The summed E-state index contributed by atoms with van der Waals surface area (Å²) in [4.78, 5) is 12.0. The topological polar surface area (TPSA) is 79.4 Å². The van der Waals surface area contributed by atoms with Gasteiger partial charge in [-0.3, -0.25) is 0 Å². The van der Waals surface area contributed by atoms with Crippen molar-refractivity contribution in [2.24, 2.45) is 7.05 Å². The fourth-order valence-corrected chi connectivity index (χ4v) is 4.01. The first-order valence-electron chi connectivity index (χ1n) is 8.87. The molecule has 2 aromatic carbocycles. The fourth-order valence-electron chi connectivity index (χ4n) is 3.10. The molecule has 0 saturated carbocycles. The highest BCUT2D eigenvalue weighted by Crippen LogP contribution is 2.32. The Hall–Kier alpha value is -3.26. The van der Waals surface area contributed by atoms with E-state index in [0.29, 0.717) is 22.9 Å². The molecule has 4 aromatic rings. The van der Waals surface area contributed by atoms with Gasteiger partial charge in [-0.25, -0.2) is 4.79 Å². The van der Waals surface area contributed by atoms with E-state index in [-0.39, 0.29) is 0 Å². The predicted octanol–water partition coefficient (Wildman–Crippen LogP) is 3.90. The molecule has 0 unspecified atom stereocenters. The molecule has 0 aliphatic rings. The van der Waals surface area contributed by atoms with Crippen LogP contribution in [0.5, 0.6) is 11.5 Å². The Morgan fingerprint density at radius 2 is 1.90 bits per heavy atom. The molecule has 0 N–H and O–H groups in total. The zero-order valence-corrected chi connectivity index (χ0v) is 17.0. The quantitative estimate of drug-likeness (QED) is 0.353. The van der Waals surface area contributed by atoms with Crippen LogP contribution in [0, 0.1) is 0 Å². The summed E-state index contributed by atoms with van der Waals surface area (Å²) in [5.41, 5.74) is 1.84. The minimum atomic E-state index is -0.394. The second-order valence-corrected chi connectivity index (χ2v) is 7.25. The molecule has 8 heteroatoms. The van der Waals surface area contributed by atoms with Crippen LogP contribution >= 0.6 is 11.8 Å². The number of benzene rings is 2. The summed E-state index contributed by atoms with van der Waals surface area (Å²) in [5, 5.41) is 10.2. The van der Waals surface area contributed by atoms with Gasteiger partial charge in [0.2, 0.25) is 0 Å². The van der Waals surface area contributed by atoms with E-state index in [1.54, 1.807) is 20.3 Å². The molecule has 0 bridgehead atoms. The van der Waals surface area contributed by atoms with Gasteiger partial charge < -0.3 is 18.5 Å². The standard InChI is InChI=1S/C21H19N3O4S/c1-24-20(16-6-4-5-7-17(16)27-3)22-23-21(24)29-12-13-10-19(25)28-18-11-14(26-2)8-9-15(13)18/h4-11H,12H2,1-3H3. The van der Waals surface area contributed by atoms with Crippen LogP contribution in [-0.4, -0.2) is 29.0 Å². The van der Waals surface area contributed by atoms with Crippen LogP contribution in [0.15, 0.2) is 62.9 Å². The van der Waals surface area contributed by atoms with Crippen molar-refractivity contribution in [2.45, 2.75) is 10.9 Å². The largest absolute Gasteiger partial charge is 0.497 e. The molecular weight excluding hydrogens is 390 g/mol. The van der Waals surface area contributed by atoms with Gasteiger partial charge in [-0.1, -0.05) is 23.9 Å². The van der Waals surface area contributed by atoms with Crippen molar-refractivity contribution in [1.29, 1.82) is 0 Å². The SMILES string of the molecule is COc1ccc2c(CSc3nnc(-c4ccccc4OC)n3C)cc(=O)oc2c1. The minimum absolute atomic E-state index is 0.394. The average Bonchev–Trinajstić information content (AvgIpc) is 3.11. The number of methoxy groups -OCH3 is 2. The third-order valence-corrected chi connectivity index (χ3v) is 5.65. The van der Waals surface area contributed by atoms with E-state index in [4.69, 9.17) is 13.9 Å². The van der Waals surface area contributed by atoms with Crippen LogP contribution in [0.4, 0.5) is 0 Å². The third kappa shape index (κ3) is 3.71. The highest BCUT2D eigenvalue weighted by Gasteiger charge is 2.16. The molecule has 0 aliphatic heterocycles. The molecule has 0 amide bonds. The Kier molecular flexibility index (Phi) is 5.26. The zero-order chi connectivity index (χ0) is 20.4. The number of rotatable bonds is 6. The van der Waals surface area contributed by atoms with Crippen LogP contribution in [-0.2, 0) is 12.8 Å². The molecule has 148 valence electrons. The van der Waals surface area contributed by atoms with Gasteiger partial charge in [-0.15, -0.1) is 10.2 Å². The van der Waals surface area contributed by atoms with Crippen molar-refractivity contribution in [1.82, 2.24) is 14.8 Å². The van der Waals surface area contributed by atoms with Crippen molar-refractivity contribution in [3.63, 3.8) is 0 Å². The molecule has 0 saturated heterocycles. The molecule has 0 spiro atoms. The number of ether oxygens (including phenoxy) is 2. The summed E-state index contributed by atoms with van der Waals surface area (Å²) in [6.45, 7) is 0. The lowest BCUT2D eigenvalue weighted by molar-refractivity contribution is 0.414. The number of hydrogen-bond acceptors (Lipinski definition) is 7. The Balaban J connectivity index is 1.64. The van der Waals surface area contributed by atoms with Crippen molar-refractivity contribution in [2.75, 3.05) is 14.2 Å². The number of hydrogen-bond donors (Lipinski definition) is 0. The van der Waals surface area contributed by atoms with Crippen LogP contribution in [0.3, 0.4) is 0 Å². The van der Waals surface area contributed by atoms with E-state index in [9.17, 15) is 4.79 Å². The van der Waals surface area contributed by atoms with Crippen molar-refractivity contribution >= 4 is 22.7 Å². The highest BCUT2D eigenvalue weighted by molar-refractivity contribution is 7.98.